The fourth-order valence-corrected chi connectivity index (χ4v) is 2.81. The van der Waals surface area contributed by atoms with Crippen molar-refractivity contribution in [3.63, 3.8) is 0 Å². The van der Waals surface area contributed by atoms with E-state index in [1.807, 2.05) is 77.7 Å². The molecule has 0 aliphatic carbocycles. The molecule has 0 saturated heterocycles. The van der Waals surface area contributed by atoms with Gasteiger partial charge in [0.2, 0.25) is 0 Å². The van der Waals surface area contributed by atoms with Crippen LogP contribution in [0.15, 0.2) is 78.0 Å². The second kappa shape index (κ2) is 11.5. The Hall–Kier alpha value is -2.39. The summed E-state index contributed by atoms with van der Waals surface area (Å²) in [5.74, 6) is 0.711. The van der Waals surface area contributed by atoms with E-state index < -0.39 is 0 Å². The van der Waals surface area contributed by atoms with Crippen LogP contribution in [0, 0.1) is 0 Å². The summed E-state index contributed by atoms with van der Waals surface area (Å²) in [6.07, 6.45) is 3.84. The van der Waals surface area contributed by atoms with Gasteiger partial charge >= 0.3 is 0 Å². The van der Waals surface area contributed by atoms with E-state index in [1.54, 1.807) is 7.05 Å². The fraction of sp³-hybridized carbons (Fsp3) is 0.238. The number of aliphatic imine (C=N–C) groups is 1. The van der Waals surface area contributed by atoms with Gasteiger partial charge in [-0.05, 0) is 17.7 Å². The quantitative estimate of drug-likeness (QED) is 0.270. The van der Waals surface area contributed by atoms with E-state index in [0.717, 1.165) is 16.8 Å². The van der Waals surface area contributed by atoms with Crippen LogP contribution in [0.1, 0.15) is 17.0 Å². The second-order valence-electron chi connectivity index (χ2n) is 6.23. The van der Waals surface area contributed by atoms with Crippen LogP contribution in [0.4, 0.5) is 0 Å². The van der Waals surface area contributed by atoms with Gasteiger partial charge < -0.3 is 15.7 Å². The van der Waals surface area contributed by atoms with Crippen LogP contribution in [-0.2, 0) is 6.54 Å². The molecule has 3 N–H and O–H groups in total. The first-order valence-corrected chi connectivity index (χ1v) is 8.99. The summed E-state index contributed by atoms with van der Waals surface area (Å²) in [5, 5.41) is 20.6. The zero-order valence-corrected chi connectivity index (χ0v) is 18.2. The summed E-state index contributed by atoms with van der Waals surface area (Å²) in [4.78, 5) is 4.25. The molecule has 7 heteroatoms. The lowest BCUT2D eigenvalue weighted by molar-refractivity contribution is 0.265. The predicted molar refractivity (Wildman–Crippen MR) is 123 cm³/mol. The van der Waals surface area contributed by atoms with Gasteiger partial charge in [-0.3, -0.25) is 4.99 Å². The van der Waals surface area contributed by atoms with E-state index in [9.17, 15) is 5.11 Å². The van der Waals surface area contributed by atoms with Gasteiger partial charge in [-0.1, -0.05) is 48.5 Å². The number of aromatic nitrogens is 2. The molecule has 1 heterocycles. The van der Waals surface area contributed by atoms with Crippen LogP contribution < -0.4 is 10.6 Å². The largest absolute Gasteiger partial charge is 0.396 e. The minimum absolute atomic E-state index is 0. The van der Waals surface area contributed by atoms with Crippen molar-refractivity contribution in [2.24, 2.45) is 4.99 Å². The maximum Gasteiger partial charge on any atom is 0.191 e. The van der Waals surface area contributed by atoms with Gasteiger partial charge in [0, 0.05) is 37.8 Å². The highest BCUT2D eigenvalue weighted by Gasteiger charge is 2.11. The van der Waals surface area contributed by atoms with Gasteiger partial charge in [-0.2, -0.15) is 5.10 Å². The first-order chi connectivity index (χ1) is 13.3. The van der Waals surface area contributed by atoms with Gasteiger partial charge in [0.25, 0.3) is 0 Å². The standard InChI is InChI=1S/C21H25N5O.HI/c1-22-21(24-14-19(16-27)18-8-4-2-5-9-18)23-12-17-13-25-26(15-17)20-10-6-3-7-11-20;/h2-11,13,15,19,27H,12,14,16H2,1H3,(H2,22,23,24);1H. The third kappa shape index (κ3) is 6.07. The summed E-state index contributed by atoms with van der Waals surface area (Å²) in [6.45, 7) is 1.29. The molecule has 0 aliphatic heterocycles. The lowest BCUT2D eigenvalue weighted by Gasteiger charge is -2.18. The van der Waals surface area contributed by atoms with Crippen LogP contribution in [0.3, 0.4) is 0 Å². The smallest absolute Gasteiger partial charge is 0.191 e. The van der Waals surface area contributed by atoms with E-state index >= 15 is 0 Å². The zero-order chi connectivity index (χ0) is 18.9. The van der Waals surface area contributed by atoms with Crippen molar-refractivity contribution >= 4 is 29.9 Å². The highest BCUT2D eigenvalue weighted by molar-refractivity contribution is 14.0. The molecular formula is C21H26IN5O. The number of hydrogen-bond donors (Lipinski definition) is 3. The molecule has 0 bridgehead atoms. The molecule has 0 amide bonds. The van der Waals surface area contributed by atoms with Gasteiger partial charge in [0.05, 0.1) is 18.5 Å². The highest BCUT2D eigenvalue weighted by atomic mass is 127. The Kier molecular flexibility index (Phi) is 8.96. The maximum atomic E-state index is 9.67. The molecule has 2 aromatic carbocycles. The van der Waals surface area contributed by atoms with Gasteiger partial charge in [0.15, 0.2) is 5.96 Å². The van der Waals surface area contributed by atoms with E-state index in [-0.39, 0.29) is 36.5 Å². The van der Waals surface area contributed by atoms with E-state index in [4.69, 9.17) is 0 Å². The van der Waals surface area contributed by atoms with Crippen molar-refractivity contribution in [1.29, 1.82) is 0 Å². The van der Waals surface area contributed by atoms with Crippen molar-refractivity contribution < 1.29 is 5.11 Å². The number of hydrogen-bond acceptors (Lipinski definition) is 3. The zero-order valence-electron chi connectivity index (χ0n) is 15.8. The Morgan fingerprint density at radius 3 is 2.39 bits per heavy atom. The number of halogens is 1. The molecule has 0 spiro atoms. The summed E-state index contributed by atoms with van der Waals surface area (Å²) in [6, 6.07) is 20.0. The SMILES string of the molecule is CN=C(NCc1cnn(-c2ccccc2)c1)NCC(CO)c1ccccc1.I. The lowest BCUT2D eigenvalue weighted by Crippen LogP contribution is -2.39. The van der Waals surface area contributed by atoms with Crippen LogP contribution in [-0.4, -0.2) is 41.0 Å². The molecule has 1 unspecified atom stereocenters. The molecular weight excluding hydrogens is 465 g/mol. The number of aliphatic hydroxyl groups is 1. The van der Waals surface area contributed by atoms with Crippen molar-refractivity contribution in [2.75, 3.05) is 20.2 Å². The average molecular weight is 491 g/mol. The second-order valence-corrected chi connectivity index (χ2v) is 6.23. The van der Waals surface area contributed by atoms with E-state index in [1.165, 1.54) is 0 Å². The van der Waals surface area contributed by atoms with Crippen molar-refractivity contribution in [3.05, 3.63) is 84.2 Å². The molecule has 148 valence electrons. The summed E-state index contributed by atoms with van der Waals surface area (Å²) >= 11 is 0. The molecule has 6 nitrogen and oxygen atoms in total. The number of nitrogens with one attached hydrogen (secondary N) is 2. The molecule has 28 heavy (non-hydrogen) atoms. The molecule has 0 aliphatic rings. The number of para-hydroxylation sites is 1. The molecule has 0 radical (unpaired) electrons. The van der Waals surface area contributed by atoms with Crippen LogP contribution in [0.5, 0.6) is 0 Å². The molecule has 3 aromatic rings. The van der Waals surface area contributed by atoms with Crippen LogP contribution in [0.25, 0.3) is 5.69 Å². The molecule has 1 aromatic heterocycles. The third-order valence-corrected chi connectivity index (χ3v) is 4.35. The van der Waals surface area contributed by atoms with E-state index in [0.29, 0.717) is 19.0 Å². The van der Waals surface area contributed by atoms with Gasteiger partial charge in [-0.25, -0.2) is 4.68 Å². The first kappa shape index (κ1) is 21.9. The summed E-state index contributed by atoms with van der Waals surface area (Å²) < 4.78 is 1.85. The maximum absolute atomic E-state index is 9.67. The van der Waals surface area contributed by atoms with Crippen LogP contribution >= 0.6 is 24.0 Å². The monoisotopic (exact) mass is 491 g/mol. The Labute approximate surface area is 182 Å². The molecule has 0 saturated carbocycles. The minimum atomic E-state index is 0. The number of nitrogens with zero attached hydrogens (tertiary/aromatic N) is 3. The highest BCUT2D eigenvalue weighted by Crippen LogP contribution is 2.13. The summed E-state index contributed by atoms with van der Waals surface area (Å²) in [7, 11) is 1.74. The number of benzene rings is 2. The normalized spacial score (nSPS) is 12.1. The van der Waals surface area contributed by atoms with Crippen molar-refractivity contribution in [1.82, 2.24) is 20.4 Å². The van der Waals surface area contributed by atoms with Gasteiger partial charge in [-0.15, -0.1) is 24.0 Å². The Balaban J connectivity index is 0.00000280. The molecule has 0 fully saturated rings. The molecule has 3 rings (SSSR count). The minimum Gasteiger partial charge on any atom is -0.396 e. The number of guanidine groups is 1. The third-order valence-electron chi connectivity index (χ3n) is 4.35. The Morgan fingerprint density at radius 1 is 1.07 bits per heavy atom. The van der Waals surface area contributed by atoms with E-state index in [2.05, 4.69) is 20.7 Å². The predicted octanol–water partition coefficient (Wildman–Crippen LogP) is 2.93. The van der Waals surface area contributed by atoms with Crippen molar-refractivity contribution in [2.45, 2.75) is 12.5 Å². The topological polar surface area (TPSA) is 74.5 Å². The number of aliphatic hydroxyl groups excluding tert-OH is 1. The van der Waals surface area contributed by atoms with Crippen molar-refractivity contribution in [3.8, 4) is 5.69 Å². The van der Waals surface area contributed by atoms with Gasteiger partial charge in [0.1, 0.15) is 0 Å². The van der Waals surface area contributed by atoms with Crippen LogP contribution in [0.2, 0.25) is 0 Å². The first-order valence-electron chi connectivity index (χ1n) is 8.99. The number of rotatable bonds is 7. The average Bonchev–Trinajstić information content (AvgIpc) is 3.21. The fourth-order valence-electron chi connectivity index (χ4n) is 2.81. The molecule has 1 atom stereocenters. The Morgan fingerprint density at radius 2 is 1.75 bits per heavy atom. The Bertz CT molecular complexity index is 852. The lowest BCUT2D eigenvalue weighted by atomic mass is 10.0. The summed E-state index contributed by atoms with van der Waals surface area (Å²) in [5.41, 5.74) is 3.19.